The Hall–Kier alpha value is -2.33. The maximum atomic E-state index is 13.2. The second kappa shape index (κ2) is 11.5. The number of hydrogen-bond donors (Lipinski definition) is 1. The maximum absolute atomic E-state index is 13.2. The van der Waals surface area contributed by atoms with Gasteiger partial charge in [0.1, 0.15) is 6.04 Å². The molecule has 0 radical (unpaired) electrons. The Balaban J connectivity index is 2.22. The standard InChI is InChI=1S/C23H29ClN2O2/c1-3-5-15-25-23(28)21(4-2)26(17-18-11-7-6-8-12-18)22(27)16-19-13-9-10-14-20(19)24/h6-14,21H,3-5,15-17H2,1-2H3,(H,25,28)/t21-/m0/s1. The van der Waals surface area contributed by atoms with Crippen molar-refractivity contribution in [3.8, 4) is 0 Å². The molecule has 0 heterocycles. The summed E-state index contributed by atoms with van der Waals surface area (Å²) in [5, 5.41) is 3.54. The zero-order chi connectivity index (χ0) is 20.4. The summed E-state index contributed by atoms with van der Waals surface area (Å²) in [6, 6.07) is 16.6. The van der Waals surface area contributed by atoms with Gasteiger partial charge in [-0.3, -0.25) is 9.59 Å². The second-order valence-corrected chi connectivity index (χ2v) is 7.25. The maximum Gasteiger partial charge on any atom is 0.242 e. The van der Waals surface area contributed by atoms with Crippen LogP contribution in [0.2, 0.25) is 5.02 Å². The Labute approximate surface area is 172 Å². The van der Waals surface area contributed by atoms with Gasteiger partial charge in [0.15, 0.2) is 0 Å². The molecule has 5 heteroatoms. The molecule has 0 fully saturated rings. The number of rotatable bonds is 10. The van der Waals surface area contributed by atoms with Crippen LogP contribution in [-0.2, 0) is 22.6 Å². The van der Waals surface area contributed by atoms with Crippen molar-refractivity contribution in [1.29, 1.82) is 0 Å². The van der Waals surface area contributed by atoms with Crippen molar-refractivity contribution in [2.45, 2.75) is 52.1 Å². The van der Waals surface area contributed by atoms with E-state index < -0.39 is 6.04 Å². The quantitative estimate of drug-likeness (QED) is 0.592. The van der Waals surface area contributed by atoms with E-state index in [0.717, 1.165) is 24.0 Å². The van der Waals surface area contributed by atoms with Crippen LogP contribution < -0.4 is 5.32 Å². The van der Waals surface area contributed by atoms with Gasteiger partial charge in [-0.25, -0.2) is 0 Å². The van der Waals surface area contributed by atoms with E-state index >= 15 is 0 Å². The molecule has 2 aromatic carbocycles. The molecule has 0 aliphatic carbocycles. The summed E-state index contributed by atoms with van der Waals surface area (Å²) in [7, 11) is 0. The molecule has 28 heavy (non-hydrogen) atoms. The molecule has 150 valence electrons. The van der Waals surface area contributed by atoms with Gasteiger partial charge < -0.3 is 10.2 Å². The highest BCUT2D eigenvalue weighted by Crippen LogP contribution is 2.19. The smallest absolute Gasteiger partial charge is 0.242 e. The molecular weight excluding hydrogens is 372 g/mol. The first kappa shape index (κ1) is 22.0. The van der Waals surface area contributed by atoms with Crippen LogP contribution in [0.25, 0.3) is 0 Å². The van der Waals surface area contributed by atoms with Gasteiger partial charge in [0.05, 0.1) is 6.42 Å². The zero-order valence-corrected chi connectivity index (χ0v) is 17.4. The fourth-order valence-corrected chi connectivity index (χ4v) is 3.31. The minimum atomic E-state index is -0.507. The van der Waals surface area contributed by atoms with Crippen LogP contribution in [0.4, 0.5) is 0 Å². The first-order valence-corrected chi connectivity index (χ1v) is 10.3. The van der Waals surface area contributed by atoms with Crippen LogP contribution in [0, 0.1) is 0 Å². The van der Waals surface area contributed by atoms with Crippen LogP contribution >= 0.6 is 11.6 Å². The Morgan fingerprint density at radius 2 is 1.71 bits per heavy atom. The van der Waals surface area contributed by atoms with Crippen molar-refractivity contribution in [2.75, 3.05) is 6.54 Å². The van der Waals surface area contributed by atoms with E-state index in [-0.39, 0.29) is 18.2 Å². The van der Waals surface area contributed by atoms with Gasteiger partial charge in [0, 0.05) is 18.1 Å². The topological polar surface area (TPSA) is 49.4 Å². The number of benzene rings is 2. The Kier molecular flexibility index (Phi) is 9.02. The molecule has 0 saturated heterocycles. The second-order valence-electron chi connectivity index (χ2n) is 6.84. The summed E-state index contributed by atoms with van der Waals surface area (Å²) in [6.07, 6.45) is 2.66. The summed E-state index contributed by atoms with van der Waals surface area (Å²) < 4.78 is 0. The van der Waals surface area contributed by atoms with Gasteiger partial charge in [-0.2, -0.15) is 0 Å². The lowest BCUT2D eigenvalue weighted by atomic mass is 10.1. The number of carbonyl (C=O) groups excluding carboxylic acids is 2. The molecule has 0 bridgehead atoms. The highest BCUT2D eigenvalue weighted by Gasteiger charge is 2.28. The molecule has 2 aromatic rings. The molecule has 0 aromatic heterocycles. The molecule has 0 aliphatic rings. The van der Waals surface area contributed by atoms with Gasteiger partial charge in [-0.1, -0.05) is 80.4 Å². The van der Waals surface area contributed by atoms with E-state index in [1.54, 1.807) is 11.0 Å². The number of hydrogen-bond acceptors (Lipinski definition) is 2. The Morgan fingerprint density at radius 3 is 2.36 bits per heavy atom. The minimum absolute atomic E-state index is 0.0978. The van der Waals surface area contributed by atoms with E-state index in [9.17, 15) is 9.59 Å². The number of nitrogens with zero attached hydrogens (tertiary/aromatic N) is 1. The van der Waals surface area contributed by atoms with Gasteiger partial charge in [0.2, 0.25) is 11.8 Å². The number of carbonyl (C=O) groups is 2. The van der Waals surface area contributed by atoms with Gasteiger partial charge >= 0.3 is 0 Å². The molecular formula is C23H29ClN2O2. The molecule has 0 spiro atoms. The Bertz CT molecular complexity index is 764. The monoisotopic (exact) mass is 400 g/mol. The minimum Gasteiger partial charge on any atom is -0.354 e. The largest absolute Gasteiger partial charge is 0.354 e. The van der Waals surface area contributed by atoms with Crippen molar-refractivity contribution in [1.82, 2.24) is 10.2 Å². The van der Waals surface area contributed by atoms with E-state index in [2.05, 4.69) is 12.2 Å². The fourth-order valence-electron chi connectivity index (χ4n) is 3.11. The van der Waals surface area contributed by atoms with E-state index in [4.69, 9.17) is 11.6 Å². The number of halogens is 1. The normalized spacial score (nSPS) is 11.7. The average Bonchev–Trinajstić information content (AvgIpc) is 2.70. The molecule has 0 saturated carbocycles. The number of amides is 2. The Morgan fingerprint density at radius 1 is 1.04 bits per heavy atom. The molecule has 0 aliphatic heterocycles. The third-order valence-electron chi connectivity index (χ3n) is 4.71. The summed E-state index contributed by atoms with van der Waals surface area (Å²) >= 11 is 6.24. The van der Waals surface area contributed by atoms with E-state index in [1.807, 2.05) is 55.5 Å². The summed E-state index contributed by atoms with van der Waals surface area (Å²) in [6.45, 7) is 5.04. The third-order valence-corrected chi connectivity index (χ3v) is 5.08. The van der Waals surface area contributed by atoms with Gasteiger partial charge in [-0.05, 0) is 30.0 Å². The first-order chi connectivity index (χ1) is 13.6. The van der Waals surface area contributed by atoms with Crippen LogP contribution in [0.1, 0.15) is 44.2 Å². The van der Waals surface area contributed by atoms with Crippen molar-refractivity contribution in [3.05, 3.63) is 70.7 Å². The predicted octanol–water partition coefficient (Wildman–Crippen LogP) is 4.61. The summed E-state index contributed by atoms with van der Waals surface area (Å²) in [5.41, 5.74) is 1.77. The summed E-state index contributed by atoms with van der Waals surface area (Å²) in [5.74, 6) is -0.200. The van der Waals surface area contributed by atoms with Crippen molar-refractivity contribution in [2.24, 2.45) is 0 Å². The lowest BCUT2D eigenvalue weighted by Gasteiger charge is -2.31. The highest BCUT2D eigenvalue weighted by atomic mass is 35.5. The van der Waals surface area contributed by atoms with Crippen molar-refractivity contribution in [3.63, 3.8) is 0 Å². The van der Waals surface area contributed by atoms with Gasteiger partial charge in [0.25, 0.3) is 0 Å². The third kappa shape index (κ3) is 6.38. The molecule has 0 unspecified atom stereocenters. The number of unbranched alkanes of at least 4 members (excludes halogenated alkanes) is 1. The van der Waals surface area contributed by atoms with Crippen LogP contribution in [0.3, 0.4) is 0 Å². The van der Waals surface area contributed by atoms with Crippen molar-refractivity contribution >= 4 is 23.4 Å². The average molecular weight is 401 g/mol. The SMILES string of the molecule is CCCCNC(=O)[C@H](CC)N(Cc1ccccc1)C(=O)Cc1ccccc1Cl. The molecule has 1 atom stereocenters. The molecule has 2 rings (SSSR count). The fraction of sp³-hybridized carbons (Fsp3) is 0.391. The van der Waals surface area contributed by atoms with Crippen LogP contribution in [0.5, 0.6) is 0 Å². The lowest BCUT2D eigenvalue weighted by Crippen LogP contribution is -2.49. The zero-order valence-electron chi connectivity index (χ0n) is 16.7. The highest BCUT2D eigenvalue weighted by molar-refractivity contribution is 6.31. The van der Waals surface area contributed by atoms with E-state index in [0.29, 0.717) is 24.5 Å². The van der Waals surface area contributed by atoms with Gasteiger partial charge in [-0.15, -0.1) is 0 Å². The van der Waals surface area contributed by atoms with E-state index in [1.165, 1.54) is 0 Å². The lowest BCUT2D eigenvalue weighted by molar-refractivity contribution is -0.140. The predicted molar refractivity (Wildman–Crippen MR) is 114 cm³/mol. The summed E-state index contributed by atoms with van der Waals surface area (Å²) in [4.78, 5) is 27.6. The number of nitrogens with one attached hydrogen (secondary N) is 1. The first-order valence-electron chi connectivity index (χ1n) is 9.91. The van der Waals surface area contributed by atoms with Crippen LogP contribution in [-0.4, -0.2) is 29.3 Å². The molecule has 4 nitrogen and oxygen atoms in total. The van der Waals surface area contributed by atoms with Crippen molar-refractivity contribution < 1.29 is 9.59 Å². The molecule has 1 N–H and O–H groups in total. The molecule has 2 amide bonds. The van der Waals surface area contributed by atoms with Crippen LogP contribution in [0.15, 0.2) is 54.6 Å².